The van der Waals surface area contributed by atoms with Gasteiger partial charge in [0.05, 0.1) is 23.0 Å². The molecule has 0 bridgehead atoms. The van der Waals surface area contributed by atoms with Gasteiger partial charge >= 0.3 is 0 Å². The fourth-order valence-electron chi connectivity index (χ4n) is 7.77. The molecule has 6 rings (SSSR count). The van der Waals surface area contributed by atoms with Gasteiger partial charge < -0.3 is 9.47 Å². The summed E-state index contributed by atoms with van der Waals surface area (Å²) in [6.45, 7) is 10.1. The third-order valence-electron chi connectivity index (χ3n) is 10.9. The molecule has 2 aromatic carbocycles. The SMILES string of the molecule is CCC(COc1ccc(C=C2SC(=O)NC2=O)cc1C)C1CCCCC1.CCC(COc1ccc(C=C2SC(=O)NC2=O)cc1C)C1CCCCC1. The highest BCUT2D eigenvalue weighted by Crippen LogP contribution is 2.35. The third kappa shape index (κ3) is 11.3. The van der Waals surface area contributed by atoms with Gasteiger partial charge in [-0.05, 0) is 133 Å². The molecule has 2 saturated heterocycles. The normalized spacial score (nSPS) is 21.1. The predicted octanol–water partition coefficient (Wildman–Crippen LogP) is 10.6. The van der Waals surface area contributed by atoms with Gasteiger partial charge in [-0.2, -0.15) is 0 Å². The molecule has 2 atom stereocenters. The Hall–Kier alpha value is -3.50. The van der Waals surface area contributed by atoms with Crippen LogP contribution < -0.4 is 20.1 Å². The lowest BCUT2D eigenvalue weighted by Gasteiger charge is -2.29. The Kier molecular flexibility index (Phi) is 14.9. The summed E-state index contributed by atoms with van der Waals surface area (Å²) >= 11 is 1.88. The van der Waals surface area contributed by atoms with E-state index in [0.717, 1.165) is 95.2 Å². The molecule has 0 radical (unpaired) electrons. The lowest BCUT2D eigenvalue weighted by atomic mass is 9.79. The van der Waals surface area contributed by atoms with Crippen LogP contribution in [0.5, 0.6) is 11.5 Å². The molecule has 2 saturated carbocycles. The maximum Gasteiger partial charge on any atom is 0.290 e. The molecule has 2 unspecified atom stereocenters. The first-order chi connectivity index (χ1) is 25.1. The van der Waals surface area contributed by atoms with Crippen molar-refractivity contribution in [2.45, 2.75) is 105 Å². The lowest BCUT2D eigenvalue weighted by molar-refractivity contribution is -0.116. The highest BCUT2D eigenvalue weighted by atomic mass is 32.2. The van der Waals surface area contributed by atoms with Gasteiger partial charge in [-0.15, -0.1) is 0 Å². The highest BCUT2D eigenvalue weighted by Gasteiger charge is 2.27. The second-order valence-electron chi connectivity index (χ2n) is 14.5. The average molecular weight is 747 g/mol. The van der Waals surface area contributed by atoms with Crippen LogP contribution in [0, 0.1) is 37.5 Å². The summed E-state index contributed by atoms with van der Waals surface area (Å²) in [5, 5.41) is 3.92. The van der Waals surface area contributed by atoms with E-state index in [9.17, 15) is 19.2 Å². The number of thioether (sulfide) groups is 2. The molecule has 2 aromatic rings. The molecular weight excluding hydrogens is 693 g/mol. The largest absolute Gasteiger partial charge is 0.493 e. The maximum atomic E-state index is 11.7. The minimum Gasteiger partial charge on any atom is -0.493 e. The quantitative estimate of drug-likeness (QED) is 0.207. The Morgan fingerprint density at radius 3 is 1.33 bits per heavy atom. The van der Waals surface area contributed by atoms with Crippen LogP contribution in [0.4, 0.5) is 9.59 Å². The average Bonchev–Trinajstić information content (AvgIpc) is 3.64. The van der Waals surface area contributed by atoms with Crippen LogP contribution in [-0.4, -0.2) is 35.5 Å². The minimum atomic E-state index is -0.323. The summed E-state index contributed by atoms with van der Waals surface area (Å²) in [5.74, 6) is 4.01. The Labute approximate surface area is 317 Å². The molecule has 52 heavy (non-hydrogen) atoms. The number of amides is 4. The van der Waals surface area contributed by atoms with E-state index in [0.29, 0.717) is 21.6 Å². The van der Waals surface area contributed by atoms with E-state index in [1.54, 1.807) is 12.2 Å². The molecule has 10 heteroatoms. The van der Waals surface area contributed by atoms with Crippen LogP contribution in [0.1, 0.15) is 113 Å². The molecule has 0 spiro atoms. The van der Waals surface area contributed by atoms with Gasteiger partial charge in [0.1, 0.15) is 11.5 Å². The third-order valence-corrected chi connectivity index (χ3v) is 12.5. The second-order valence-corrected chi connectivity index (χ2v) is 16.5. The molecule has 8 nitrogen and oxygen atoms in total. The number of carbonyl (C=O) groups is 4. The molecule has 4 aliphatic rings. The summed E-state index contributed by atoms with van der Waals surface area (Å²) in [5.41, 5.74) is 3.91. The van der Waals surface area contributed by atoms with E-state index in [1.165, 1.54) is 64.2 Å². The smallest absolute Gasteiger partial charge is 0.290 e. The van der Waals surface area contributed by atoms with Crippen molar-refractivity contribution < 1.29 is 28.7 Å². The van der Waals surface area contributed by atoms with Gasteiger partial charge in [-0.1, -0.05) is 90.2 Å². The van der Waals surface area contributed by atoms with E-state index >= 15 is 0 Å². The molecule has 4 amide bonds. The van der Waals surface area contributed by atoms with Crippen molar-refractivity contribution in [3.05, 3.63) is 68.5 Å². The van der Waals surface area contributed by atoms with E-state index in [2.05, 4.69) is 24.5 Å². The molecule has 2 N–H and O–H groups in total. The monoisotopic (exact) mass is 746 g/mol. The van der Waals surface area contributed by atoms with E-state index in [4.69, 9.17) is 9.47 Å². The van der Waals surface area contributed by atoms with Gasteiger partial charge in [0.2, 0.25) is 0 Å². The maximum absolute atomic E-state index is 11.7. The van der Waals surface area contributed by atoms with Crippen LogP contribution in [0.25, 0.3) is 12.2 Å². The summed E-state index contributed by atoms with van der Waals surface area (Å²) < 4.78 is 12.3. The molecule has 0 aromatic heterocycles. The number of benzene rings is 2. The summed E-state index contributed by atoms with van der Waals surface area (Å²) in [4.78, 5) is 46.7. The van der Waals surface area contributed by atoms with Crippen molar-refractivity contribution in [2.75, 3.05) is 13.2 Å². The first kappa shape index (κ1) is 39.7. The number of imide groups is 2. The van der Waals surface area contributed by atoms with Crippen molar-refractivity contribution in [1.82, 2.24) is 10.6 Å². The van der Waals surface area contributed by atoms with Crippen LogP contribution in [-0.2, 0) is 9.59 Å². The van der Waals surface area contributed by atoms with E-state index in [1.807, 2.05) is 50.2 Å². The van der Waals surface area contributed by atoms with E-state index in [-0.39, 0.29) is 22.3 Å². The fourth-order valence-corrected chi connectivity index (χ4v) is 9.14. The Balaban J connectivity index is 0.000000201. The van der Waals surface area contributed by atoms with Crippen molar-refractivity contribution in [2.24, 2.45) is 23.7 Å². The number of aryl methyl sites for hydroxylation is 2. The number of ether oxygens (including phenoxy) is 2. The van der Waals surface area contributed by atoms with Crippen molar-refractivity contribution >= 4 is 58.0 Å². The molecule has 2 aliphatic carbocycles. The standard InChI is InChI=1S/2C21H27NO3S/c2*1-3-16(17-7-5-4-6-8-17)13-25-18-10-9-15(11-14(18)2)12-19-20(23)22-21(24)26-19/h2*9-12,16-17H,3-8,13H2,1-2H3,(H,22,23,24). The second kappa shape index (κ2) is 19.5. The Bertz CT molecular complexity index is 1540. The van der Waals surface area contributed by atoms with Crippen molar-refractivity contribution in [3.63, 3.8) is 0 Å². The van der Waals surface area contributed by atoms with Gasteiger partial charge in [0.15, 0.2) is 0 Å². The first-order valence-electron chi connectivity index (χ1n) is 19.1. The zero-order chi connectivity index (χ0) is 37.0. The number of rotatable bonds is 12. The number of nitrogens with one attached hydrogen (secondary N) is 2. The minimum absolute atomic E-state index is 0.314. The molecule has 4 fully saturated rings. The Morgan fingerprint density at radius 1 is 0.635 bits per heavy atom. The lowest BCUT2D eigenvalue weighted by Crippen LogP contribution is -2.23. The fraction of sp³-hybridized carbons (Fsp3) is 0.524. The number of carbonyl (C=O) groups excluding carboxylic acids is 4. The summed E-state index contributed by atoms with van der Waals surface area (Å²) in [7, 11) is 0. The van der Waals surface area contributed by atoms with Crippen LogP contribution >= 0.6 is 23.5 Å². The molecule has 280 valence electrons. The Morgan fingerprint density at radius 2 is 1.02 bits per heavy atom. The van der Waals surface area contributed by atoms with Crippen molar-refractivity contribution in [3.8, 4) is 11.5 Å². The summed E-state index contributed by atoms with van der Waals surface area (Å²) in [6, 6.07) is 11.8. The molecular formula is C42H54N2O6S2. The van der Waals surface area contributed by atoms with E-state index < -0.39 is 0 Å². The number of hydrogen-bond donors (Lipinski definition) is 2. The first-order valence-corrected chi connectivity index (χ1v) is 20.7. The van der Waals surface area contributed by atoms with Gasteiger partial charge in [0.25, 0.3) is 22.3 Å². The molecule has 2 heterocycles. The van der Waals surface area contributed by atoms with Gasteiger partial charge in [0, 0.05) is 0 Å². The van der Waals surface area contributed by atoms with Crippen LogP contribution in [0.3, 0.4) is 0 Å². The van der Waals surface area contributed by atoms with Gasteiger partial charge in [-0.25, -0.2) is 0 Å². The number of hydrogen-bond acceptors (Lipinski definition) is 8. The highest BCUT2D eigenvalue weighted by molar-refractivity contribution is 8.18. The predicted molar refractivity (Wildman–Crippen MR) is 212 cm³/mol. The van der Waals surface area contributed by atoms with Gasteiger partial charge in [-0.3, -0.25) is 29.8 Å². The van der Waals surface area contributed by atoms with Crippen LogP contribution in [0.15, 0.2) is 46.2 Å². The summed E-state index contributed by atoms with van der Waals surface area (Å²) in [6.07, 6.45) is 19.4. The van der Waals surface area contributed by atoms with Crippen molar-refractivity contribution in [1.29, 1.82) is 0 Å². The van der Waals surface area contributed by atoms with Crippen LogP contribution in [0.2, 0.25) is 0 Å². The molecule has 2 aliphatic heterocycles. The zero-order valence-corrected chi connectivity index (χ0v) is 32.7. The zero-order valence-electron chi connectivity index (χ0n) is 31.1. The topological polar surface area (TPSA) is 111 Å².